The third kappa shape index (κ3) is 3.56. The normalized spacial score (nSPS) is 10.8. The van der Waals surface area contributed by atoms with Crippen molar-refractivity contribution in [2.24, 2.45) is 4.99 Å². The van der Waals surface area contributed by atoms with Gasteiger partial charge >= 0.3 is 0 Å². The summed E-state index contributed by atoms with van der Waals surface area (Å²) in [7, 11) is 3.31. The molecular weight excluding hydrogens is 346 g/mol. The molecule has 0 spiro atoms. The number of ether oxygens (including phenoxy) is 2. The molecule has 0 aliphatic heterocycles. The van der Waals surface area contributed by atoms with Crippen LogP contribution >= 0.6 is 0 Å². The van der Waals surface area contributed by atoms with Crippen molar-refractivity contribution in [1.82, 2.24) is 0 Å². The number of hydrogen-bond acceptors (Lipinski definition) is 3. The van der Waals surface area contributed by atoms with Crippen molar-refractivity contribution in [3.05, 3.63) is 89.8 Å². The molecule has 28 heavy (non-hydrogen) atoms. The molecule has 4 aromatic rings. The molecule has 0 aromatic heterocycles. The highest BCUT2D eigenvalue weighted by molar-refractivity contribution is 5.92. The van der Waals surface area contributed by atoms with Crippen LogP contribution in [0.15, 0.2) is 83.9 Å². The van der Waals surface area contributed by atoms with Gasteiger partial charge in [-0.15, -0.1) is 0 Å². The van der Waals surface area contributed by atoms with Crippen LogP contribution in [0.25, 0.3) is 21.5 Å². The number of methoxy groups -OCH3 is 2. The predicted octanol–water partition coefficient (Wildman–Crippen LogP) is 5.15. The minimum Gasteiger partial charge on any atom is -0.493 e. The molecule has 140 valence electrons. The zero-order valence-corrected chi connectivity index (χ0v) is 16.2. The van der Waals surface area contributed by atoms with Crippen LogP contribution in [0.1, 0.15) is 5.56 Å². The van der Waals surface area contributed by atoms with Crippen molar-refractivity contribution in [2.45, 2.75) is 6.42 Å². The van der Waals surface area contributed by atoms with Crippen molar-refractivity contribution in [3.63, 3.8) is 0 Å². The minimum absolute atomic E-state index is 0.702. The van der Waals surface area contributed by atoms with E-state index in [-0.39, 0.29) is 0 Å². The number of rotatable bonds is 5. The fraction of sp³-hybridized carbons (Fsp3) is 0.160. The van der Waals surface area contributed by atoms with Gasteiger partial charge in [-0.2, -0.15) is 0 Å². The lowest BCUT2D eigenvalue weighted by Gasteiger charge is -2.08. The second-order valence-electron chi connectivity index (χ2n) is 6.68. The van der Waals surface area contributed by atoms with Crippen LogP contribution in [0.5, 0.6) is 11.5 Å². The first-order chi connectivity index (χ1) is 13.8. The van der Waals surface area contributed by atoms with Gasteiger partial charge in [0.15, 0.2) is 11.5 Å². The lowest BCUT2D eigenvalue weighted by atomic mass is 10.1. The Morgan fingerprint density at radius 3 is 1.89 bits per heavy atom. The van der Waals surface area contributed by atoms with E-state index in [1.54, 1.807) is 14.2 Å². The first-order valence-corrected chi connectivity index (χ1v) is 9.42. The van der Waals surface area contributed by atoms with E-state index in [9.17, 15) is 0 Å². The van der Waals surface area contributed by atoms with Crippen molar-refractivity contribution >= 4 is 21.5 Å². The van der Waals surface area contributed by atoms with E-state index in [0.717, 1.165) is 23.3 Å². The maximum Gasteiger partial charge on any atom is 0.160 e. The van der Waals surface area contributed by atoms with Gasteiger partial charge in [-0.25, -0.2) is 0 Å². The summed E-state index contributed by atoms with van der Waals surface area (Å²) in [6.07, 6.45) is 0.835. The zero-order valence-electron chi connectivity index (χ0n) is 16.2. The molecule has 0 heterocycles. The molecule has 0 unspecified atom stereocenters. The SMILES string of the molecule is COc1ccc(CCN=c2c3ccccc3ccc3ccccc23)cc1OC. The fourth-order valence-electron chi connectivity index (χ4n) is 3.54. The highest BCUT2D eigenvalue weighted by atomic mass is 16.5. The van der Waals surface area contributed by atoms with Crippen molar-refractivity contribution in [3.8, 4) is 11.5 Å². The summed E-state index contributed by atoms with van der Waals surface area (Å²) < 4.78 is 10.7. The maximum atomic E-state index is 5.41. The molecule has 3 nitrogen and oxygen atoms in total. The Morgan fingerprint density at radius 1 is 0.679 bits per heavy atom. The highest BCUT2D eigenvalue weighted by Crippen LogP contribution is 2.27. The number of nitrogens with zero attached hydrogens (tertiary/aromatic N) is 1. The first-order valence-electron chi connectivity index (χ1n) is 9.42. The summed E-state index contributed by atoms with van der Waals surface area (Å²) >= 11 is 0. The van der Waals surface area contributed by atoms with Gasteiger partial charge in [0.2, 0.25) is 0 Å². The van der Waals surface area contributed by atoms with Crippen molar-refractivity contribution in [1.29, 1.82) is 0 Å². The molecule has 0 aliphatic carbocycles. The fourth-order valence-corrected chi connectivity index (χ4v) is 3.54. The topological polar surface area (TPSA) is 30.8 Å². The van der Waals surface area contributed by atoms with Gasteiger partial charge in [0.25, 0.3) is 0 Å². The Bertz CT molecular complexity index is 1140. The van der Waals surface area contributed by atoms with Gasteiger partial charge in [0.1, 0.15) is 0 Å². The molecular formula is C25H23NO2. The molecule has 0 aliphatic rings. The van der Waals surface area contributed by atoms with Crippen molar-refractivity contribution in [2.75, 3.05) is 20.8 Å². The lowest BCUT2D eigenvalue weighted by molar-refractivity contribution is 0.354. The van der Waals surface area contributed by atoms with Crippen LogP contribution in [-0.4, -0.2) is 20.8 Å². The van der Waals surface area contributed by atoms with Crippen LogP contribution < -0.4 is 14.8 Å². The Morgan fingerprint density at radius 2 is 1.29 bits per heavy atom. The molecule has 0 atom stereocenters. The highest BCUT2D eigenvalue weighted by Gasteiger charge is 2.05. The summed E-state index contributed by atoms with van der Waals surface area (Å²) in [5, 5.41) is 5.80. The molecule has 4 rings (SSSR count). The van der Waals surface area contributed by atoms with E-state index < -0.39 is 0 Å². The van der Waals surface area contributed by atoms with E-state index in [1.807, 2.05) is 12.1 Å². The lowest BCUT2D eigenvalue weighted by Crippen LogP contribution is -2.05. The third-order valence-electron chi connectivity index (χ3n) is 4.99. The molecule has 0 bridgehead atoms. The van der Waals surface area contributed by atoms with Gasteiger partial charge in [-0.1, -0.05) is 66.7 Å². The van der Waals surface area contributed by atoms with E-state index in [4.69, 9.17) is 14.5 Å². The summed E-state index contributed by atoms with van der Waals surface area (Å²) in [6, 6.07) is 27.2. The van der Waals surface area contributed by atoms with Gasteiger partial charge in [0, 0.05) is 17.3 Å². The number of fused-ring (bicyclic) bond motifs is 2. The van der Waals surface area contributed by atoms with Gasteiger partial charge in [-0.05, 0) is 34.9 Å². The Kier molecular flexibility index (Phi) is 5.24. The second-order valence-corrected chi connectivity index (χ2v) is 6.68. The largest absolute Gasteiger partial charge is 0.493 e. The molecule has 3 heteroatoms. The molecule has 0 radical (unpaired) electrons. The molecule has 4 aromatic carbocycles. The standard InChI is InChI=1S/C25H23NO2/c1-27-23-14-11-18(17-24(23)28-2)15-16-26-25-21-9-5-3-7-19(21)12-13-20-8-4-6-10-22(20)25/h3-14,17H,15-16H2,1-2H3. The second kappa shape index (κ2) is 8.13. The van der Waals surface area contributed by atoms with Gasteiger partial charge < -0.3 is 9.47 Å². The molecule has 0 fully saturated rings. The summed E-state index contributed by atoms with van der Waals surface area (Å²) in [5.74, 6) is 1.50. The molecule has 0 saturated carbocycles. The number of benzene rings is 3. The number of hydrogen-bond donors (Lipinski definition) is 0. The van der Waals surface area contributed by atoms with E-state index >= 15 is 0 Å². The van der Waals surface area contributed by atoms with Crippen LogP contribution in [0.3, 0.4) is 0 Å². The Balaban J connectivity index is 1.77. The Hall–Kier alpha value is -3.33. The quantitative estimate of drug-likeness (QED) is 0.487. The molecule has 0 N–H and O–H groups in total. The zero-order chi connectivity index (χ0) is 19.3. The average molecular weight is 369 g/mol. The molecule has 0 saturated heterocycles. The van der Waals surface area contributed by atoms with Crippen LogP contribution in [0, 0.1) is 0 Å². The summed E-state index contributed by atoms with van der Waals surface area (Å²) in [4.78, 5) is 5.02. The van der Waals surface area contributed by atoms with E-state index in [1.165, 1.54) is 27.1 Å². The first kappa shape index (κ1) is 18.1. The van der Waals surface area contributed by atoms with Crippen LogP contribution in [-0.2, 0) is 6.42 Å². The maximum absolute atomic E-state index is 5.41. The predicted molar refractivity (Wildman–Crippen MR) is 115 cm³/mol. The monoisotopic (exact) mass is 369 g/mol. The van der Waals surface area contributed by atoms with Crippen LogP contribution in [0.4, 0.5) is 0 Å². The van der Waals surface area contributed by atoms with Crippen molar-refractivity contribution < 1.29 is 9.47 Å². The summed E-state index contributed by atoms with van der Waals surface area (Å²) in [6.45, 7) is 0.702. The average Bonchev–Trinajstić information content (AvgIpc) is 2.91. The van der Waals surface area contributed by atoms with Crippen LogP contribution in [0.2, 0.25) is 0 Å². The third-order valence-corrected chi connectivity index (χ3v) is 4.99. The smallest absolute Gasteiger partial charge is 0.160 e. The summed E-state index contributed by atoms with van der Waals surface area (Å²) in [5.41, 5.74) is 1.18. The minimum atomic E-state index is 0.702. The van der Waals surface area contributed by atoms with Gasteiger partial charge in [-0.3, -0.25) is 4.99 Å². The Labute approximate surface area is 164 Å². The van der Waals surface area contributed by atoms with E-state index in [2.05, 4.69) is 66.7 Å². The van der Waals surface area contributed by atoms with Gasteiger partial charge in [0.05, 0.1) is 19.6 Å². The molecule has 0 amide bonds. The van der Waals surface area contributed by atoms with E-state index in [0.29, 0.717) is 6.54 Å².